The Balaban J connectivity index is 2.24. The summed E-state index contributed by atoms with van der Waals surface area (Å²) < 4.78 is 63.5. The molecule has 1 fully saturated rings. The van der Waals surface area contributed by atoms with Crippen LogP contribution in [-0.2, 0) is 28.4 Å². The van der Waals surface area contributed by atoms with Gasteiger partial charge in [-0.05, 0) is 5.92 Å². The van der Waals surface area contributed by atoms with E-state index in [1.54, 1.807) is 0 Å². The Bertz CT molecular complexity index is 944. The van der Waals surface area contributed by atoms with Gasteiger partial charge in [0.05, 0.1) is 6.20 Å². The molecule has 2 heterocycles. The highest BCUT2D eigenvalue weighted by molar-refractivity contribution is 7.60. The van der Waals surface area contributed by atoms with Crippen molar-refractivity contribution >= 4 is 21.5 Å². The number of alkyl halides is 1. The summed E-state index contributed by atoms with van der Waals surface area (Å²) in [6.45, 7) is -1.34. The van der Waals surface area contributed by atoms with Crippen molar-refractivity contribution < 1.29 is 46.2 Å². The number of phosphoric acid groups is 2. The molecule has 0 aliphatic carbocycles. The first-order valence-corrected chi connectivity index (χ1v) is 9.90. The number of hydrogen-bond donors (Lipinski definition) is 4. The number of halogens is 2. The molecular formula is C11H13F2N3O9P2. The van der Waals surface area contributed by atoms with Crippen LogP contribution in [0.25, 0.3) is 0 Å². The highest BCUT2D eigenvalue weighted by atomic mass is 31.3. The third-order valence-corrected chi connectivity index (χ3v) is 5.50. The molecule has 1 saturated heterocycles. The van der Waals surface area contributed by atoms with Crippen molar-refractivity contribution in [3.8, 4) is 12.3 Å². The minimum atomic E-state index is -5.41. The summed E-state index contributed by atoms with van der Waals surface area (Å²) >= 11 is 0. The highest BCUT2D eigenvalue weighted by Gasteiger charge is 2.52. The topological polar surface area (TPSA) is 183 Å². The molecule has 12 nitrogen and oxygen atoms in total. The van der Waals surface area contributed by atoms with Gasteiger partial charge < -0.3 is 25.2 Å². The number of nitrogen functional groups attached to an aromatic ring is 1. The van der Waals surface area contributed by atoms with E-state index in [9.17, 15) is 22.7 Å². The van der Waals surface area contributed by atoms with E-state index in [-0.39, 0.29) is 0 Å². The zero-order chi connectivity index (χ0) is 20.7. The van der Waals surface area contributed by atoms with Crippen molar-refractivity contribution in [2.45, 2.75) is 24.4 Å². The predicted octanol–water partition coefficient (Wildman–Crippen LogP) is -0.0469. The average molecular weight is 431 g/mol. The van der Waals surface area contributed by atoms with Gasteiger partial charge in [-0.25, -0.2) is 22.7 Å². The predicted molar refractivity (Wildman–Crippen MR) is 82.7 cm³/mol. The van der Waals surface area contributed by atoms with Crippen LogP contribution in [0.5, 0.6) is 0 Å². The van der Waals surface area contributed by atoms with E-state index in [4.69, 9.17) is 31.6 Å². The maximum absolute atomic E-state index is 14.8. The molecule has 5 N–H and O–H groups in total. The molecule has 150 valence electrons. The second-order valence-corrected chi connectivity index (χ2v) is 8.18. The molecule has 0 saturated carbocycles. The van der Waals surface area contributed by atoms with E-state index >= 15 is 0 Å². The highest BCUT2D eigenvalue weighted by Crippen LogP contribution is 2.58. The van der Waals surface area contributed by atoms with Crippen LogP contribution in [-0.4, -0.2) is 36.7 Å². The van der Waals surface area contributed by atoms with Crippen molar-refractivity contribution in [1.29, 1.82) is 0 Å². The molecule has 1 aromatic rings. The first kappa shape index (κ1) is 21.6. The van der Waals surface area contributed by atoms with E-state index in [0.717, 1.165) is 0 Å². The normalized spacial score (nSPS) is 27.9. The first-order valence-electron chi connectivity index (χ1n) is 6.87. The molecule has 1 aliphatic heterocycles. The van der Waals surface area contributed by atoms with Crippen LogP contribution >= 0.6 is 15.6 Å². The van der Waals surface area contributed by atoms with E-state index in [1.807, 2.05) is 5.92 Å². The summed E-state index contributed by atoms with van der Waals surface area (Å²) in [6.07, 6.45) is 4.86. The Hall–Kier alpha value is -1.68. The average Bonchev–Trinajstić information content (AvgIpc) is 2.86. The third kappa shape index (κ3) is 4.98. The zero-order valence-electron chi connectivity index (χ0n) is 13.2. The van der Waals surface area contributed by atoms with Crippen molar-refractivity contribution in [3.63, 3.8) is 0 Å². The lowest BCUT2D eigenvalue weighted by Crippen LogP contribution is -2.43. The van der Waals surface area contributed by atoms with Crippen LogP contribution in [0.4, 0.5) is 14.6 Å². The number of anilines is 1. The quantitative estimate of drug-likeness (QED) is 0.350. The van der Waals surface area contributed by atoms with E-state index in [1.165, 1.54) is 0 Å². The first-order chi connectivity index (χ1) is 12.2. The second-order valence-electron chi connectivity index (χ2n) is 5.35. The molecule has 2 rings (SSSR count). The standard InChI is InChI=1S/C11H13F2N3O9P2/c1-2-11(16-5-7(12)8(14)15-9(16)17)4-3-10(13,24-11)6-23-27(21,22)25-26(18,19)20/h1,5H,3-4,6H2,(H,21,22)(H2,14,15,17)(H2,18,19,20)/t10-,11+/m0/s1. The van der Waals surface area contributed by atoms with Crippen molar-refractivity contribution in [2.75, 3.05) is 12.3 Å². The SMILES string of the molecule is C#C[C@]1(n2cc(F)c(N)nc2=O)CC[C@@](F)(COP(=O)(O)OP(=O)(O)O)O1. The molecular weight excluding hydrogens is 418 g/mol. The van der Waals surface area contributed by atoms with Gasteiger partial charge in [0.25, 0.3) is 0 Å². The summed E-state index contributed by atoms with van der Waals surface area (Å²) in [5.74, 6) is -2.74. The number of terminal acetylenes is 1. The fraction of sp³-hybridized carbons (Fsp3) is 0.455. The van der Waals surface area contributed by atoms with Gasteiger partial charge in [-0.1, -0.05) is 0 Å². The molecule has 1 aliphatic rings. The summed E-state index contributed by atoms with van der Waals surface area (Å²) in [5, 5.41) is 0. The molecule has 1 unspecified atom stereocenters. The molecule has 0 spiro atoms. The molecule has 16 heteroatoms. The number of phosphoric ester groups is 1. The van der Waals surface area contributed by atoms with Gasteiger partial charge in [0.15, 0.2) is 11.6 Å². The molecule has 0 amide bonds. The zero-order valence-corrected chi connectivity index (χ0v) is 15.0. The number of aromatic nitrogens is 2. The van der Waals surface area contributed by atoms with Crippen LogP contribution < -0.4 is 11.4 Å². The van der Waals surface area contributed by atoms with Crippen LogP contribution in [0, 0.1) is 18.2 Å². The van der Waals surface area contributed by atoms with E-state index in [2.05, 4.69) is 13.8 Å². The molecule has 3 atom stereocenters. The van der Waals surface area contributed by atoms with Crippen LogP contribution in [0.15, 0.2) is 11.0 Å². The molecule has 0 bridgehead atoms. The lowest BCUT2D eigenvalue weighted by atomic mass is 10.1. The van der Waals surface area contributed by atoms with Crippen LogP contribution in [0.2, 0.25) is 0 Å². The van der Waals surface area contributed by atoms with Gasteiger partial charge in [0.2, 0.25) is 11.6 Å². The number of hydrogen-bond acceptors (Lipinski definition) is 8. The van der Waals surface area contributed by atoms with Crippen LogP contribution in [0.3, 0.4) is 0 Å². The molecule has 0 aromatic carbocycles. The Kier molecular flexibility index (Phi) is 5.64. The van der Waals surface area contributed by atoms with E-state index in [0.29, 0.717) is 10.8 Å². The fourth-order valence-electron chi connectivity index (χ4n) is 2.24. The van der Waals surface area contributed by atoms with Gasteiger partial charge in [-0.3, -0.25) is 9.09 Å². The maximum Gasteiger partial charge on any atom is 0.481 e. The lowest BCUT2D eigenvalue weighted by Gasteiger charge is -2.28. The van der Waals surface area contributed by atoms with Crippen molar-refractivity contribution in [2.24, 2.45) is 0 Å². The number of rotatable bonds is 6. The van der Waals surface area contributed by atoms with Gasteiger partial charge >= 0.3 is 21.3 Å². The Morgan fingerprint density at radius 3 is 2.63 bits per heavy atom. The summed E-state index contributed by atoms with van der Waals surface area (Å²) in [5.41, 5.74) is 1.85. The van der Waals surface area contributed by atoms with Crippen LogP contribution in [0.1, 0.15) is 12.8 Å². The van der Waals surface area contributed by atoms with Gasteiger partial charge in [0, 0.05) is 12.8 Å². The summed E-state index contributed by atoms with van der Waals surface area (Å²) in [4.78, 5) is 41.2. The Morgan fingerprint density at radius 2 is 2.07 bits per heavy atom. The summed E-state index contributed by atoms with van der Waals surface area (Å²) in [6, 6.07) is 0. The maximum atomic E-state index is 14.8. The van der Waals surface area contributed by atoms with Crippen molar-refractivity contribution in [1.82, 2.24) is 9.55 Å². The minimum Gasteiger partial charge on any atom is -0.381 e. The van der Waals surface area contributed by atoms with Gasteiger partial charge in [-0.2, -0.15) is 9.29 Å². The monoisotopic (exact) mass is 431 g/mol. The Labute approximate surface area is 149 Å². The third-order valence-electron chi connectivity index (χ3n) is 3.37. The van der Waals surface area contributed by atoms with E-state index < -0.39 is 64.0 Å². The Morgan fingerprint density at radius 1 is 1.44 bits per heavy atom. The smallest absolute Gasteiger partial charge is 0.381 e. The van der Waals surface area contributed by atoms with Crippen molar-refractivity contribution in [3.05, 3.63) is 22.5 Å². The second kappa shape index (κ2) is 7.05. The van der Waals surface area contributed by atoms with Gasteiger partial charge in [0.1, 0.15) is 6.61 Å². The lowest BCUT2D eigenvalue weighted by molar-refractivity contribution is -0.201. The molecule has 1 aromatic heterocycles. The number of ether oxygens (including phenoxy) is 1. The number of nitrogens with two attached hydrogens (primary N) is 1. The molecule has 0 radical (unpaired) electrons. The summed E-state index contributed by atoms with van der Waals surface area (Å²) in [7, 11) is -10.8. The molecule has 27 heavy (non-hydrogen) atoms. The number of nitrogens with zero attached hydrogens (tertiary/aromatic N) is 2. The van der Waals surface area contributed by atoms with Gasteiger partial charge in [-0.15, -0.1) is 6.42 Å². The fourth-order valence-corrected chi connectivity index (χ4v) is 3.86. The minimum absolute atomic E-state index is 0.399. The largest absolute Gasteiger partial charge is 0.481 e.